The summed E-state index contributed by atoms with van der Waals surface area (Å²) in [5.41, 5.74) is 1.25. The lowest BCUT2D eigenvalue weighted by atomic mass is 10.4. The fourth-order valence-corrected chi connectivity index (χ4v) is 1.53. The van der Waals surface area contributed by atoms with E-state index in [1.165, 1.54) is 22.6 Å². The van der Waals surface area contributed by atoms with Crippen LogP contribution >= 0.6 is 11.8 Å². The predicted molar refractivity (Wildman–Crippen MR) is 44.5 cm³/mol. The van der Waals surface area contributed by atoms with Crippen LogP contribution in [0.15, 0.2) is 21.8 Å². The molecule has 0 bridgehead atoms. The minimum atomic E-state index is 1.18. The molecule has 1 nitrogen and oxygen atoms in total. The lowest BCUT2D eigenvalue weighted by molar-refractivity contribution is 0.560. The fourth-order valence-electron chi connectivity index (χ4n) is 0.709. The summed E-state index contributed by atoms with van der Waals surface area (Å²) < 4.78 is 5.02. The molecule has 0 radical (unpaired) electrons. The van der Waals surface area contributed by atoms with Crippen LogP contribution in [-0.2, 0) is 0 Å². The van der Waals surface area contributed by atoms with E-state index in [0.29, 0.717) is 0 Å². The fraction of sp³-hybridized carbons (Fsp3) is 0.500. The van der Waals surface area contributed by atoms with Crippen LogP contribution in [0, 0.1) is 6.92 Å². The molecule has 1 aromatic rings. The second-order valence-electron chi connectivity index (χ2n) is 2.27. The molecule has 0 fully saturated rings. The average molecular weight is 156 g/mol. The molecule has 1 aromatic heterocycles. The van der Waals surface area contributed by atoms with Gasteiger partial charge in [0.05, 0.1) is 6.26 Å². The number of hydrogen-bond acceptors (Lipinski definition) is 2. The Morgan fingerprint density at radius 3 is 2.80 bits per heavy atom. The molecule has 1 rings (SSSR count). The van der Waals surface area contributed by atoms with Gasteiger partial charge in [0.2, 0.25) is 0 Å². The largest absolute Gasteiger partial charge is 0.471 e. The van der Waals surface area contributed by atoms with Crippen molar-refractivity contribution < 1.29 is 4.42 Å². The van der Waals surface area contributed by atoms with Gasteiger partial charge in [0.1, 0.15) is 6.26 Å². The van der Waals surface area contributed by atoms with Gasteiger partial charge in [-0.25, -0.2) is 0 Å². The first-order chi connectivity index (χ1) is 4.84. The third-order valence-corrected chi connectivity index (χ3v) is 2.61. The summed E-state index contributed by atoms with van der Waals surface area (Å²) in [6.45, 7) is 4.25. The van der Waals surface area contributed by atoms with Gasteiger partial charge in [0, 0.05) is 10.5 Å². The standard InChI is InChI=1S/C8H12OS/c1-3-4-10-8-6-9-5-7(8)2/h5-6H,3-4H2,1-2H3. The van der Waals surface area contributed by atoms with Crippen LogP contribution in [-0.4, -0.2) is 5.75 Å². The highest BCUT2D eigenvalue weighted by Gasteiger charge is 1.98. The highest BCUT2D eigenvalue weighted by atomic mass is 32.2. The zero-order valence-corrected chi connectivity index (χ0v) is 7.20. The van der Waals surface area contributed by atoms with E-state index in [1.807, 2.05) is 18.0 Å². The van der Waals surface area contributed by atoms with Crippen LogP contribution < -0.4 is 0 Å². The van der Waals surface area contributed by atoms with Crippen LogP contribution in [0.4, 0.5) is 0 Å². The molecule has 0 saturated heterocycles. The average Bonchev–Trinajstić information content (AvgIpc) is 2.31. The lowest BCUT2D eigenvalue weighted by Gasteiger charge is -1.93. The summed E-state index contributed by atoms with van der Waals surface area (Å²) in [5, 5.41) is 0. The highest BCUT2D eigenvalue weighted by molar-refractivity contribution is 7.99. The van der Waals surface area contributed by atoms with E-state index in [2.05, 4.69) is 13.8 Å². The zero-order chi connectivity index (χ0) is 7.40. The summed E-state index contributed by atoms with van der Waals surface area (Å²) in [6.07, 6.45) is 4.82. The van der Waals surface area contributed by atoms with Gasteiger partial charge in [0.25, 0.3) is 0 Å². The molecule has 56 valence electrons. The van der Waals surface area contributed by atoms with Crippen LogP contribution in [0.25, 0.3) is 0 Å². The molecular formula is C8H12OS. The van der Waals surface area contributed by atoms with Gasteiger partial charge < -0.3 is 4.42 Å². The number of thioether (sulfide) groups is 1. The molecule has 2 heteroatoms. The third kappa shape index (κ3) is 1.81. The van der Waals surface area contributed by atoms with Crippen molar-refractivity contribution in [2.75, 3.05) is 5.75 Å². The Labute approximate surface area is 65.8 Å². The second-order valence-corrected chi connectivity index (χ2v) is 3.40. The van der Waals surface area contributed by atoms with E-state index < -0.39 is 0 Å². The lowest BCUT2D eigenvalue weighted by Crippen LogP contribution is -1.74. The summed E-state index contributed by atoms with van der Waals surface area (Å²) >= 11 is 1.86. The Bertz CT molecular complexity index is 193. The molecular weight excluding hydrogens is 144 g/mol. The van der Waals surface area contributed by atoms with Crippen molar-refractivity contribution in [3.05, 3.63) is 18.1 Å². The normalized spacial score (nSPS) is 10.2. The van der Waals surface area contributed by atoms with Crippen LogP contribution in [0.2, 0.25) is 0 Å². The molecule has 0 N–H and O–H groups in total. The Morgan fingerprint density at radius 1 is 1.50 bits per heavy atom. The SMILES string of the molecule is CCCSc1cocc1C. The first-order valence-electron chi connectivity index (χ1n) is 3.50. The van der Waals surface area contributed by atoms with Crippen molar-refractivity contribution in [1.29, 1.82) is 0 Å². The molecule has 0 aromatic carbocycles. The van der Waals surface area contributed by atoms with Gasteiger partial charge in [-0.3, -0.25) is 0 Å². The van der Waals surface area contributed by atoms with Crippen molar-refractivity contribution >= 4 is 11.8 Å². The van der Waals surface area contributed by atoms with Crippen molar-refractivity contribution in [1.82, 2.24) is 0 Å². The number of aryl methyl sites for hydroxylation is 1. The first-order valence-corrected chi connectivity index (χ1v) is 4.48. The van der Waals surface area contributed by atoms with Crippen LogP contribution in [0.1, 0.15) is 18.9 Å². The summed E-state index contributed by atoms with van der Waals surface area (Å²) in [7, 11) is 0. The van der Waals surface area contributed by atoms with E-state index in [4.69, 9.17) is 4.42 Å². The maximum absolute atomic E-state index is 5.02. The van der Waals surface area contributed by atoms with E-state index >= 15 is 0 Å². The Morgan fingerprint density at radius 2 is 2.30 bits per heavy atom. The minimum absolute atomic E-state index is 1.18. The molecule has 0 amide bonds. The van der Waals surface area contributed by atoms with E-state index in [-0.39, 0.29) is 0 Å². The number of furan rings is 1. The van der Waals surface area contributed by atoms with E-state index in [1.54, 1.807) is 6.26 Å². The highest BCUT2D eigenvalue weighted by Crippen LogP contribution is 2.23. The predicted octanol–water partition coefficient (Wildman–Crippen LogP) is 3.09. The van der Waals surface area contributed by atoms with Gasteiger partial charge in [-0.1, -0.05) is 6.92 Å². The van der Waals surface area contributed by atoms with Crippen molar-refractivity contribution in [2.45, 2.75) is 25.2 Å². The minimum Gasteiger partial charge on any atom is -0.471 e. The topological polar surface area (TPSA) is 13.1 Å². The second kappa shape index (κ2) is 3.71. The van der Waals surface area contributed by atoms with Crippen molar-refractivity contribution in [2.24, 2.45) is 0 Å². The van der Waals surface area contributed by atoms with Gasteiger partial charge in [0.15, 0.2) is 0 Å². The van der Waals surface area contributed by atoms with Gasteiger partial charge in [-0.15, -0.1) is 11.8 Å². The summed E-state index contributed by atoms with van der Waals surface area (Å²) in [5.74, 6) is 1.18. The van der Waals surface area contributed by atoms with E-state index in [9.17, 15) is 0 Å². The van der Waals surface area contributed by atoms with Crippen LogP contribution in [0.5, 0.6) is 0 Å². The molecule has 0 aliphatic heterocycles. The smallest absolute Gasteiger partial charge is 0.104 e. The number of hydrogen-bond donors (Lipinski definition) is 0. The summed E-state index contributed by atoms with van der Waals surface area (Å²) in [6, 6.07) is 0. The maximum Gasteiger partial charge on any atom is 0.104 e. The van der Waals surface area contributed by atoms with Crippen LogP contribution in [0.3, 0.4) is 0 Å². The molecule has 0 saturated carbocycles. The van der Waals surface area contributed by atoms with Crippen molar-refractivity contribution in [3.63, 3.8) is 0 Å². The molecule has 0 aliphatic carbocycles. The quantitative estimate of drug-likeness (QED) is 0.624. The first kappa shape index (κ1) is 7.73. The molecule has 1 heterocycles. The molecule has 0 atom stereocenters. The van der Waals surface area contributed by atoms with Gasteiger partial charge in [-0.05, 0) is 19.1 Å². The Hall–Kier alpha value is -0.370. The molecule has 10 heavy (non-hydrogen) atoms. The molecule has 0 unspecified atom stereocenters. The Kier molecular flexibility index (Phi) is 2.87. The third-order valence-electron chi connectivity index (χ3n) is 1.27. The monoisotopic (exact) mass is 156 g/mol. The van der Waals surface area contributed by atoms with E-state index in [0.717, 1.165) is 0 Å². The van der Waals surface area contributed by atoms with Gasteiger partial charge in [-0.2, -0.15) is 0 Å². The summed E-state index contributed by atoms with van der Waals surface area (Å²) in [4.78, 5) is 1.28. The molecule has 0 aliphatic rings. The van der Waals surface area contributed by atoms with Gasteiger partial charge >= 0.3 is 0 Å². The maximum atomic E-state index is 5.02. The number of rotatable bonds is 3. The molecule has 0 spiro atoms. The zero-order valence-electron chi connectivity index (χ0n) is 6.39. The Balaban J connectivity index is 2.49. The van der Waals surface area contributed by atoms with Crippen molar-refractivity contribution in [3.8, 4) is 0 Å².